The van der Waals surface area contributed by atoms with Crippen LogP contribution < -0.4 is 5.32 Å². The lowest BCUT2D eigenvalue weighted by Gasteiger charge is -2.11. The van der Waals surface area contributed by atoms with Crippen molar-refractivity contribution in [3.8, 4) is 11.1 Å². The number of hydrogen-bond acceptors (Lipinski definition) is 3. The standard InChI is InChI=1S/C20H15F3N2OS/c21-20(22,23)13-27-19-17(7-4-12-24-19)18(26)25-16-10-8-15(9-11-16)14-5-2-1-3-6-14/h1-12H,13H2,(H,25,26). The van der Waals surface area contributed by atoms with Crippen molar-refractivity contribution in [2.75, 3.05) is 11.1 Å². The Morgan fingerprint density at radius 1 is 0.926 bits per heavy atom. The minimum Gasteiger partial charge on any atom is -0.322 e. The van der Waals surface area contributed by atoms with Crippen molar-refractivity contribution < 1.29 is 18.0 Å². The number of nitrogens with zero attached hydrogens (tertiary/aromatic N) is 1. The monoisotopic (exact) mass is 388 g/mol. The zero-order valence-electron chi connectivity index (χ0n) is 14.0. The normalized spacial score (nSPS) is 11.2. The number of alkyl halides is 3. The molecule has 1 aromatic heterocycles. The minimum absolute atomic E-state index is 0.0493. The molecule has 1 heterocycles. The molecule has 138 valence electrons. The van der Waals surface area contributed by atoms with E-state index in [9.17, 15) is 18.0 Å². The fraction of sp³-hybridized carbons (Fsp3) is 0.100. The molecule has 0 atom stereocenters. The van der Waals surface area contributed by atoms with Crippen LogP contribution in [0.4, 0.5) is 18.9 Å². The van der Waals surface area contributed by atoms with Gasteiger partial charge in [0.25, 0.3) is 5.91 Å². The molecule has 1 N–H and O–H groups in total. The molecule has 2 aromatic carbocycles. The van der Waals surface area contributed by atoms with Crippen molar-refractivity contribution in [2.45, 2.75) is 11.2 Å². The van der Waals surface area contributed by atoms with Crippen LogP contribution in [0.25, 0.3) is 11.1 Å². The van der Waals surface area contributed by atoms with Gasteiger partial charge >= 0.3 is 6.18 Å². The van der Waals surface area contributed by atoms with E-state index in [-0.39, 0.29) is 10.6 Å². The van der Waals surface area contributed by atoms with Crippen LogP contribution in [0.3, 0.4) is 0 Å². The highest BCUT2D eigenvalue weighted by Crippen LogP contribution is 2.28. The maximum atomic E-state index is 12.5. The van der Waals surface area contributed by atoms with Crippen molar-refractivity contribution in [3.05, 3.63) is 78.5 Å². The summed E-state index contributed by atoms with van der Waals surface area (Å²) in [5.41, 5.74) is 2.71. The van der Waals surface area contributed by atoms with Gasteiger partial charge in [-0.1, -0.05) is 54.2 Å². The summed E-state index contributed by atoms with van der Waals surface area (Å²) in [6.07, 6.45) is -2.96. The molecule has 0 saturated carbocycles. The third-order valence-electron chi connectivity index (χ3n) is 3.64. The van der Waals surface area contributed by atoms with Crippen molar-refractivity contribution in [1.82, 2.24) is 4.98 Å². The number of benzene rings is 2. The highest BCUT2D eigenvalue weighted by Gasteiger charge is 2.28. The summed E-state index contributed by atoms with van der Waals surface area (Å²) >= 11 is 0.496. The quantitative estimate of drug-likeness (QED) is 0.574. The van der Waals surface area contributed by atoms with Crippen LogP contribution in [0, 0.1) is 0 Å². The van der Waals surface area contributed by atoms with Crippen LogP contribution in [-0.2, 0) is 0 Å². The Hall–Kier alpha value is -2.80. The van der Waals surface area contributed by atoms with Gasteiger partial charge in [-0.15, -0.1) is 0 Å². The Balaban J connectivity index is 1.72. The number of thioether (sulfide) groups is 1. The van der Waals surface area contributed by atoms with Crippen molar-refractivity contribution in [1.29, 1.82) is 0 Å². The van der Waals surface area contributed by atoms with Gasteiger partial charge in [0.2, 0.25) is 0 Å². The topological polar surface area (TPSA) is 42.0 Å². The first-order valence-electron chi connectivity index (χ1n) is 8.04. The molecule has 3 rings (SSSR count). The first-order valence-corrected chi connectivity index (χ1v) is 9.02. The van der Waals surface area contributed by atoms with Gasteiger partial charge in [0, 0.05) is 11.9 Å². The fourth-order valence-corrected chi connectivity index (χ4v) is 3.16. The van der Waals surface area contributed by atoms with E-state index in [1.165, 1.54) is 18.3 Å². The summed E-state index contributed by atoms with van der Waals surface area (Å²) in [5, 5.41) is 2.75. The molecule has 0 radical (unpaired) electrons. The number of carbonyl (C=O) groups is 1. The lowest BCUT2D eigenvalue weighted by atomic mass is 10.1. The van der Waals surface area contributed by atoms with Gasteiger partial charge < -0.3 is 5.32 Å². The average molecular weight is 388 g/mol. The molecular weight excluding hydrogens is 373 g/mol. The lowest BCUT2D eigenvalue weighted by molar-refractivity contribution is -0.105. The second-order valence-electron chi connectivity index (χ2n) is 5.66. The SMILES string of the molecule is O=C(Nc1ccc(-c2ccccc2)cc1)c1cccnc1SCC(F)(F)F. The van der Waals surface area contributed by atoms with Crippen LogP contribution in [0.15, 0.2) is 78.0 Å². The maximum absolute atomic E-state index is 12.5. The van der Waals surface area contributed by atoms with Crippen LogP contribution in [0.5, 0.6) is 0 Å². The third kappa shape index (κ3) is 5.34. The summed E-state index contributed by atoms with van der Waals surface area (Å²) in [4.78, 5) is 16.4. The third-order valence-corrected chi connectivity index (χ3v) is 4.71. The van der Waals surface area contributed by atoms with E-state index in [0.717, 1.165) is 11.1 Å². The number of carbonyl (C=O) groups excluding carboxylic acids is 1. The zero-order valence-corrected chi connectivity index (χ0v) is 14.8. The number of aromatic nitrogens is 1. The number of hydrogen-bond donors (Lipinski definition) is 1. The Morgan fingerprint density at radius 3 is 2.26 bits per heavy atom. The Kier molecular flexibility index (Phi) is 5.81. The molecule has 0 spiro atoms. The fourth-order valence-electron chi connectivity index (χ4n) is 2.40. The molecule has 0 aliphatic carbocycles. The van der Waals surface area contributed by atoms with Crippen LogP contribution >= 0.6 is 11.8 Å². The Morgan fingerprint density at radius 2 is 1.59 bits per heavy atom. The van der Waals surface area contributed by atoms with Gasteiger partial charge in [-0.25, -0.2) is 4.98 Å². The van der Waals surface area contributed by atoms with E-state index in [1.54, 1.807) is 12.1 Å². The van der Waals surface area contributed by atoms with E-state index < -0.39 is 17.8 Å². The molecule has 0 aliphatic heterocycles. The zero-order chi connectivity index (χ0) is 19.3. The Bertz CT molecular complexity index is 913. The highest BCUT2D eigenvalue weighted by molar-refractivity contribution is 7.99. The van der Waals surface area contributed by atoms with Gasteiger partial charge in [0.15, 0.2) is 0 Å². The number of amides is 1. The number of rotatable bonds is 5. The number of halogens is 3. The molecular formula is C20H15F3N2OS. The van der Waals surface area contributed by atoms with Crippen LogP contribution in [0.1, 0.15) is 10.4 Å². The predicted molar refractivity (Wildman–Crippen MR) is 101 cm³/mol. The minimum atomic E-state index is -4.33. The molecule has 0 aliphatic rings. The number of nitrogens with one attached hydrogen (secondary N) is 1. The van der Waals surface area contributed by atoms with Gasteiger partial charge in [0.1, 0.15) is 5.03 Å². The van der Waals surface area contributed by atoms with Crippen molar-refractivity contribution in [3.63, 3.8) is 0 Å². The predicted octanol–water partition coefficient (Wildman–Crippen LogP) is 5.66. The van der Waals surface area contributed by atoms with E-state index in [4.69, 9.17) is 0 Å². The molecule has 27 heavy (non-hydrogen) atoms. The maximum Gasteiger partial charge on any atom is 0.398 e. The van der Waals surface area contributed by atoms with E-state index in [0.29, 0.717) is 17.4 Å². The number of pyridine rings is 1. The smallest absolute Gasteiger partial charge is 0.322 e. The van der Waals surface area contributed by atoms with Crippen molar-refractivity contribution >= 4 is 23.4 Å². The first-order chi connectivity index (χ1) is 12.9. The number of anilines is 1. The second kappa shape index (κ2) is 8.26. The molecule has 0 saturated heterocycles. The van der Waals surface area contributed by atoms with E-state index >= 15 is 0 Å². The first kappa shape index (κ1) is 19.0. The van der Waals surface area contributed by atoms with E-state index in [1.807, 2.05) is 42.5 Å². The highest BCUT2D eigenvalue weighted by atomic mass is 32.2. The molecule has 1 amide bonds. The summed E-state index contributed by atoms with van der Waals surface area (Å²) < 4.78 is 37.3. The molecule has 0 unspecified atom stereocenters. The van der Waals surface area contributed by atoms with Crippen molar-refractivity contribution in [2.24, 2.45) is 0 Å². The van der Waals surface area contributed by atoms with Gasteiger partial charge in [-0.05, 0) is 35.4 Å². The second-order valence-corrected chi connectivity index (χ2v) is 6.62. The summed E-state index contributed by atoms with van der Waals surface area (Å²) in [7, 11) is 0. The van der Waals surface area contributed by atoms with Crippen LogP contribution in [0.2, 0.25) is 0 Å². The van der Waals surface area contributed by atoms with E-state index in [2.05, 4.69) is 10.3 Å². The molecule has 0 fully saturated rings. The lowest BCUT2D eigenvalue weighted by Crippen LogP contribution is -2.15. The summed E-state index contributed by atoms with van der Waals surface area (Å²) in [6.45, 7) is 0. The molecule has 7 heteroatoms. The molecule has 3 nitrogen and oxygen atoms in total. The van der Waals surface area contributed by atoms with Gasteiger partial charge in [0.05, 0.1) is 11.3 Å². The van der Waals surface area contributed by atoms with Gasteiger partial charge in [-0.2, -0.15) is 13.2 Å². The Labute approximate surface area is 158 Å². The summed E-state index contributed by atoms with van der Waals surface area (Å²) in [5.74, 6) is -1.60. The molecule has 0 bridgehead atoms. The summed E-state index contributed by atoms with van der Waals surface area (Å²) in [6, 6.07) is 20.0. The molecule has 3 aromatic rings. The van der Waals surface area contributed by atoms with Gasteiger partial charge in [-0.3, -0.25) is 4.79 Å². The largest absolute Gasteiger partial charge is 0.398 e. The van der Waals surface area contributed by atoms with Crippen LogP contribution in [-0.4, -0.2) is 22.8 Å². The average Bonchev–Trinajstić information content (AvgIpc) is 2.67.